The Balaban J connectivity index is 1.99. The lowest BCUT2D eigenvalue weighted by Gasteiger charge is -2.32. The van der Waals surface area contributed by atoms with Gasteiger partial charge >= 0.3 is 0 Å². The molecule has 1 aromatic carbocycles. The molecular weight excluding hydrogens is 296 g/mol. The zero-order valence-corrected chi connectivity index (χ0v) is 12.9. The van der Waals surface area contributed by atoms with Crippen LogP contribution >= 0.6 is 0 Å². The summed E-state index contributed by atoms with van der Waals surface area (Å²) in [5.74, 6) is 0. The monoisotopic (exact) mass is 316 g/mol. The molecule has 2 rings (SSSR count). The predicted molar refractivity (Wildman–Crippen MR) is 75.2 cm³/mol. The van der Waals surface area contributed by atoms with Crippen LogP contribution in [0.1, 0.15) is 18.4 Å². The van der Waals surface area contributed by atoms with Crippen LogP contribution in [-0.4, -0.2) is 45.7 Å². The second-order valence-corrected chi connectivity index (χ2v) is 6.65. The summed E-state index contributed by atoms with van der Waals surface area (Å²) < 4.78 is 39.6. The number of aliphatic hydroxyl groups is 1. The maximum Gasteiger partial charge on any atom is 0.297 e. The molecular formula is C14H20O6S. The van der Waals surface area contributed by atoms with E-state index in [4.69, 9.17) is 13.7 Å². The quantitative estimate of drug-likeness (QED) is 0.822. The number of aliphatic hydroxyl groups excluding tert-OH is 1. The number of hydrogen-bond acceptors (Lipinski definition) is 6. The van der Waals surface area contributed by atoms with Crippen molar-refractivity contribution in [3.63, 3.8) is 0 Å². The third-order valence-corrected chi connectivity index (χ3v) is 4.71. The van der Waals surface area contributed by atoms with Crippen LogP contribution in [0.15, 0.2) is 29.2 Å². The van der Waals surface area contributed by atoms with Gasteiger partial charge in [0.2, 0.25) is 0 Å². The Hall–Kier alpha value is -0.990. The van der Waals surface area contributed by atoms with E-state index in [9.17, 15) is 13.5 Å². The van der Waals surface area contributed by atoms with Crippen LogP contribution in [-0.2, 0) is 23.8 Å². The molecule has 1 aliphatic heterocycles. The van der Waals surface area contributed by atoms with Gasteiger partial charge in [0.15, 0.2) is 6.29 Å². The Morgan fingerprint density at radius 2 is 1.95 bits per heavy atom. The molecule has 0 radical (unpaired) electrons. The summed E-state index contributed by atoms with van der Waals surface area (Å²) in [6.07, 6.45) is -0.867. The minimum Gasteiger partial charge on any atom is -0.390 e. The number of aryl methyl sites for hydroxylation is 1. The Morgan fingerprint density at radius 3 is 2.57 bits per heavy atom. The average Bonchev–Trinajstić information content (AvgIpc) is 2.47. The topological polar surface area (TPSA) is 82.1 Å². The van der Waals surface area contributed by atoms with Gasteiger partial charge in [-0.15, -0.1) is 0 Å². The largest absolute Gasteiger partial charge is 0.390 e. The van der Waals surface area contributed by atoms with E-state index in [1.807, 2.05) is 6.92 Å². The van der Waals surface area contributed by atoms with Gasteiger partial charge in [0.25, 0.3) is 10.1 Å². The number of ether oxygens (including phenoxy) is 2. The van der Waals surface area contributed by atoms with Crippen LogP contribution in [0.5, 0.6) is 0 Å². The molecule has 3 atom stereocenters. The van der Waals surface area contributed by atoms with Gasteiger partial charge in [0, 0.05) is 13.5 Å². The molecule has 0 aromatic heterocycles. The van der Waals surface area contributed by atoms with E-state index < -0.39 is 28.6 Å². The third kappa shape index (κ3) is 4.24. The highest BCUT2D eigenvalue weighted by Crippen LogP contribution is 2.22. The molecule has 0 unspecified atom stereocenters. The SMILES string of the molecule is CO[C@@H]1CC[C@H](O)[C@@H](COS(=O)(=O)c2ccc(C)cc2)O1. The van der Waals surface area contributed by atoms with Crippen LogP contribution in [0.3, 0.4) is 0 Å². The summed E-state index contributed by atoms with van der Waals surface area (Å²) in [6.45, 7) is 1.63. The highest BCUT2D eigenvalue weighted by Gasteiger charge is 2.31. The summed E-state index contributed by atoms with van der Waals surface area (Å²) in [4.78, 5) is 0.0849. The Labute approximate surface area is 124 Å². The van der Waals surface area contributed by atoms with Crippen LogP contribution in [0.4, 0.5) is 0 Å². The van der Waals surface area contributed by atoms with Crippen molar-refractivity contribution in [1.82, 2.24) is 0 Å². The van der Waals surface area contributed by atoms with E-state index in [0.717, 1.165) is 5.56 Å². The fourth-order valence-electron chi connectivity index (χ4n) is 2.10. The lowest BCUT2D eigenvalue weighted by atomic mass is 10.1. The van der Waals surface area contributed by atoms with Gasteiger partial charge in [-0.3, -0.25) is 4.18 Å². The molecule has 1 N–H and O–H groups in total. The molecule has 118 valence electrons. The first-order valence-corrected chi connectivity index (χ1v) is 8.15. The first-order chi connectivity index (χ1) is 9.92. The highest BCUT2D eigenvalue weighted by molar-refractivity contribution is 7.86. The van der Waals surface area contributed by atoms with Gasteiger partial charge in [0.05, 0.1) is 17.6 Å². The van der Waals surface area contributed by atoms with Crippen molar-refractivity contribution >= 4 is 10.1 Å². The summed E-state index contributed by atoms with van der Waals surface area (Å²) in [5.41, 5.74) is 0.961. The minimum atomic E-state index is -3.86. The van der Waals surface area contributed by atoms with Crippen LogP contribution in [0.25, 0.3) is 0 Å². The van der Waals surface area contributed by atoms with Crippen molar-refractivity contribution in [3.8, 4) is 0 Å². The number of benzene rings is 1. The van der Waals surface area contributed by atoms with E-state index in [0.29, 0.717) is 12.8 Å². The number of hydrogen-bond donors (Lipinski definition) is 1. The van der Waals surface area contributed by atoms with E-state index >= 15 is 0 Å². The van der Waals surface area contributed by atoms with Gasteiger partial charge in [-0.05, 0) is 25.5 Å². The molecule has 1 aliphatic rings. The second kappa shape index (κ2) is 6.85. The molecule has 21 heavy (non-hydrogen) atoms. The first kappa shape index (κ1) is 16.4. The maximum atomic E-state index is 12.1. The molecule has 6 nitrogen and oxygen atoms in total. The Bertz CT molecular complexity index is 553. The summed E-state index contributed by atoms with van der Waals surface area (Å²) in [7, 11) is -2.35. The minimum absolute atomic E-state index is 0.0849. The molecule has 1 heterocycles. The molecule has 1 aromatic rings. The zero-order valence-electron chi connectivity index (χ0n) is 12.1. The summed E-state index contributed by atoms with van der Waals surface area (Å²) in [5, 5.41) is 9.83. The van der Waals surface area contributed by atoms with Gasteiger partial charge in [-0.2, -0.15) is 8.42 Å². The highest BCUT2D eigenvalue weighted by atomic mass is 32.2. The third-order valence-electron chi connectivity index (χ3n) is 3.41. The maximum absolute atomic E-state index is 12.1. The van der Waals surface area contributed by atoms with Crippen molar-refractivity contribution in [3.05, 3.63) is 29.8 Å². The van der Waals surface area contributed by atoms with Crippen LogP contribution in [0, 0.1) is 6.92 Å². The zero-order chi connectivity index (χ0) is 15.5. The summed E-state index contributed by atoms with van der Waals surface area (Å²) in [6, 6.07) is 6.37. The molecule has 0 bridgehead atoms. The van der Waals surface area contributed by atoms with Gasteiger partial charge < -0.3 is 14.6 Å². The fourth-order valence-corrected chi connectivity index (χ4v) is 3.02. The standard InChI is InChI=1S/C14H20O6S/c1-10-3-5-11(6-4-10)21(16,17)19-9-13-12(15)7-8-14(18-2)20-13/h3-6,12-15H,7-9H2,1-2H3/t12-,13+,14-/m0/s1. The first-order valence-electron chi connectivity index (χ1n) is 6.75. The normalized spacial score (nSPS) is 26.7. The number of methoxy groups -OCH3 is 1. The van der Waals surface area contributed by atoms with Gasteiger partial charge in [-0.1, -0.05) is 17.7 Å². The molecule has 7 heteroatoms. The molecule has 0 saturated carbocycles. The van der Waals surface area contributed by atoms with Crippen molar-refractivity contribution < 1.29 is 27.2 Å². The van der Waals surface area contributed by atoms with Crippen molar-refractivity contribution in [2.24, 2.45) is 0 Å². The fraction of sp³-hybridized carbons (Fsp3) is 0.571. The Morgan fingerprint density at radius 1 is 1.29 bits per heavy atom. The lowest BCUT2D eigenvalue weighted by molar-refractivity contribution is -0.217. The predicted octanol–water partition coefficient (Wildman–Crippen LogP) is 1.21. The molecule has 1 saturated heterocycles. The van der Waals surface area contributed by atoms with Crippen LogP contribution < -0.4 is 0 Å². The Kier molecular flexibility index (Phi) is 5.34. The molecule has 1 fully saturated rings. The van der Waals surface area contributed by atoms with Crippen molar-refractivity contribution in [2.45, 2.75) is 43.2 Å². The van der Waals surface area contributed by atoms with Gasteiger partial charge in [0.1, 0.15) is 6.10 Å². The van der Waals surface area contributed by atoms with E-state index in [1.165, 1.54) is 19.2 Å². The lowest BCUT2D eigenvalue weighted by Crippen LogP contribution is -2.42. The molecule has 0 spiro atoms. The second-order valence-electron chi connectivity index (χ2n) is 5.04. The average molecular weight is 316 g/mol. The van der Waals surface area contributed by atoms with E-state index in [-0.39, 0.29) is 11.5 Å². The van der Waals surface area contributed by atoms with E-state index in [2.05, 4.69) is 0 Å². The number of rotatable bonds is 5. The summed E-state index contributed by atoms with van der Waals surface area (Å²) >= 11 is 0. The van der Waals surface area contributed by atoms with Crippen LogP contribution in [0.2, 0.25) is 0 Å². The van der Waals surface area contributed by atoms with E-state index in [1.54, 1.807) is 12.1 Å². The molecule has 0 amide bonds. The van der Waals surface area contributed by atoms with Crippen molar-refractivity contribution in [2.75, 3.05) is 13.7 Å². The van der Waals surface area contributed by atoms with Gasteiger partial charge in [-0.25, -0.2) is 0 Å². The molecule has 0 aliphatic carbocycles. The van der Waals surface area contributed by atoms with Crippen molar-refractivity contribution in [1.29, 1.82) is 0 Å². The smallest absolute Gasteiger partial charge is 0.297 e.